The number of allylic oxidation sites excluding steroid dienone is 2. The van der Waals surface area contributed by atoms with E-state index in [9.17, 15) is 5.11 Å². The Morgan fingerprint density at radius 1 is 1.28 bits per heavy atom. The molecule has 6 heteroatoms. The van der Waals surface area contributed by atoms with Crippen molar-refractivity contribution in [2.45, 2.75) is 38.8 Å². The van der Waals surface area contributed by atoms with Crippen molar-refractivity contribution in [3.8, 4) is 0 Å². The number of halogens is 1. The zero-order chi connectivity index (χ0) is 23.0. The molecule has 4 rings (SSSR count). The molecule has 4 atom stereocenters. The van der Waals surface area contributed by atoms with Gasteiger partial charge >= 0.3 is 0 Å². The van der Waals surface area contributed by atoms with Crippen LogP contribution in [0.2, 0.25) is 5.02 Å². The summed E-state index contributed by atoms with van der Waals surface area (Å²) >= 11 is 6.36. The summed E-state index contributed by atoms with van der Waals surface area (Å²) in [6, 6.07) is 13.3. The largest absolute Gasteiger partial charge is 0.399 e. The summed E-state index contributed by atoms with van der Waals surface area (Å²) in [5, 5.41) is 11.4. The first-order chi connectivity index (χ1) is 15.3. The molecule has 1 fully saturated rings. The molecule has 2 aromatic carbocycles. The molecule has 4 unspecified atom stereocenters. The second-order valence-electron chi connectivity index (χ2n) is 8.93. The fourth-order valence-electron chi connectivity index (χ4n) is 4.70. The minimum absolute atomic E-state index is 0.0684. The van der Waals surface area contributed by atoms with Gasteiger partial charge in [-0.05, 0) is 66.3 Å². The third-order valence-corrected chi connectivity index (χ3v) is 7.19. The Morgan fingerprint density at radius 2 is 2.03 bits per heavy atom. The van der Waals surface area contributed by atoms with Crippen LogP contribution in [-0.2, 0) is 0 Å². The van der Waals surface area contributed by atoms with E-state index in [2.05, 4.69) is 29.7 Å². The number of para-hydroxylation sites is 1. The predicted molar refractivity (Wildman–Crippen MR) is 135 cm³/mol. The molecule has 32 heavy (non-hydrogen) atoms. The molecule has 0 aromatic heterocycles. The van der Waals surface area contributed by atoms with Crippen LogP contribution in [0.1, 0.15) is 43.7 Å². The van der Waals surface area contributed by atoms with E-state index < -0.39 is 6.23 Å². The van der Waals surface area contributed by atoms with Gasteiger partial charge in [0, 0.05) is 35.0 Å². The summed E-state index contributed by atoms with van der Waals surface area (Å²) in [4.78, 5) is 13.5. The van der Waals surface area contributed by atoms with Gasteiger partial charge in [-0.2, -0.15) is 0 Å². The standard InChI is InChI=1S/C26H29ClN4O/c1-15(19-10-9-17(28)12-22(19)27)25(32)31-18-11-16-14-26(16,2)21(13-18)24(30-4)20-7-5-6-8-23(20)29-3/h5-10,12-13,15-16,25,32H,3,11,14,28H2,1-2,4H3. The second-order valence-corrected chi connectivity index (χ2v) is 9.34. The number of nitrogens with zero attached hydrogens (tertiary/aromatic N) is 3. The molecular weight excluding hydrogens is 420 g/mol. The highest BCUT2D eigenvalue weighted by Gasteiger charge is 2.56. The Hall–Kier alpha value is -2.76. The van der Waals surface area contributed by atoms with Crippen LogP contribution in [0.25, 0.3) is 0 Å². The highest BCUT2D eigenvalue weighted by atomic mass is 35.5. The molecule has 2 aromatic rings. The Labute approximate surface area is 194 Å². The average molecular weight is 449 g/mol. The molecule has 0 radical (unpaired) electrons. The van der Waals surface area contributed by atoms with Gasteiger partial charge in [-0.3, -0.25) is 15.0 Å². The summed E-state index contributed by atoms with van der Waals surface area (Å²) in [6.07, 6.45) is 3.12. The van der Waals surface area contributed by atoms with Gasteiger partial charge in [-0.1, -0.05) is 49.7 Å². The minimum Gasteiger partial charge on any atom is -0.399 e. The van der Waals surface area contributed by atoms with Crippen LogP contribution < -0.4 is 5.73 Å². The lowest BCUT2D eigenvalue weighted by molar-refractivity contribution is 0.159. The Morgan fingerprint density at radius 3 is 2.72 bits per heavy atom. The molecule has 1 saturated carbocycles. The predicted octanol–water partition coefficient (Wildman–Crippen LogP) is 5.59. The first-order valence-electron chi connectivity index (χ1n) is 10.8. The van der Waals surface area contributed by atoms with E-state index in [1.165, 1.54) is 0 Å². The number of benzene rings is 2. The quantitative estimate of drug-likeness (QED) is 0.445. The van der Waals surface area contributed by atoms with Crippen molar-refractivity contribution in [1.82, 2.24) is 0 Å². The monoisotopic (exact) mass is 448 g/mol. The van der Waals surface area contributed by atoms with Gasteiger partial charge in [0.2, 0.25) is 0 Å². The average Bonchev–Trinajstić information content (AvgIpc) is 3.45. The number of hydrogen-bond acceptors (Lipinski definition) is 5. The maximum absolute atomic E-state index is 10.9. The van der Waals surface area contributed by atoms with Gasteiger partial charge in [0.15, 0.2) is 6.23 Å². The fourth-order valence-corrected chi connectivity index (χ4v) is 5.07. The van der Waals surface area contributed by atoms with Gasteiger partial charge in [0.25, 0.3) is 0 Å². The molecule has 2 aliphatic carbocycles. The molecule has 0 aliphatic heterocycles. The molecular formula is C26H29ClN4O. The SMILES string of the molecule is C=Nc1ccccc1C(=NC)C1=CC(=NC(O)C(C)c2ccc(N)cc2Cl)CC2CC12C. The van der Waals surface area contributed by atoms with E-state index in [1.54, 1.807) is 12.1 Å². The van der Waals surface area contributed by atoms with E-state index in [-0.39, 0.29) is 11.3 Å². The number of fused-ring (bicyclic) bond motifs is 1. The number of hydrogen-bond donors (Lipinski definition) is 2. The summed E-state index contributed by atoms with van der Waals surface area (Å²) in [6.45, 7) is 7.92. The smallest absolute Gasteiger partial charge is 0.152 e. The Kier molecular flexibility index (Phi) is 6.06. The summed E-state index contributed by atoms with van der Waals surface area (Å²) in [5.41, 5.74) is 12.0. The minimum atomic E-state index is -0.907. The lowest BCUT2D eigenvalue weighted by atomic mass is 9.82. The van der Waals surface area contributed by atoms with Crippen molar-refractivity contribution in [2.24, 2.45) is 26.3 Å². The van der Waals surface area contributed by atoms with Gasteiger partial charge in [-0.25, -0.2) is 0 Å². The zero-order valence-corrected chi connectivity index (χ0v) is 19.5. The van der Waals surface area contributed by atoms with Gasteiger partial charge in [-0.15, -0.1) is 0 Å². The van der Waals surface area contributed by atoms with Gasteiger partial charge in [0.1, 0.15) is 0 Å². The van der Waals surface area contributed by atoms with Crippen LogP contribution in [0.15, 0.2) is 69.1 Å². The molecule has 0 heterocycles. The third kappa shape index (κ3) is 4.03. The molecule has 0 amide bonds. The number of nitrogen functional groups attached to an aromatic ring is 1. The fraction of sp³-hybridized carbons (Fsp3) is 0.346. The number of aliphatic hydroxyl groups is 1. The van der Waals surface area contributed by atoms with Crippen LogP contribution in [0.3, 0.4) is 0 Å². The maximum atomic E-state index is 10.9. The summed E-state index contributed by atoms with van der Waals surface area (Å²) < 4.78 is 0. The summed E-state index contributed by atoms with van der Waals surface area (Å²) in [7, 11) is 1.81. The molecule has 5 nitrogen and oxygen atoms in total. The second kappa shape index (κ2) is 8.64. The van der Waals surface area contributed by atoms with Crippen LogP contribution in [-0.4, -0.2) is 36.5 Å². The van der Waals surface area contributed by atoms with Crippen LogP contribution in [0.5, 0.6) is 0 Å². The van der Waals surface area contributed by atoms with Gasteiger partial charge < -0.3 is 10.8 Å². The van der Waals surface area contributed by atoms with E-state index in [0.29, 0.717) is 16.6 Å². The van der Waals surface area contributed by atoms with Crippen LogP contribution in [0.4, 0.5) is 11.4 Å². The lowest BCUT2D eigenvalue weighted by Crippen LogP contribution is -2.23. The molecule has 0 saturated heterocycles. The molecule has 0 spiro atoms. The number of aliphatic imine (C=N–C) groups is 3. The first kappa shape index (κ1) is 22.4. The van der Waals surface area contributed by atoms with E-state index in [1.807, 2.05) is 44.3 Å². The topological polar surface area (TPSA) is 83.3 Å². The van der Waals surface area contributed by atoms with E-state index >= 15 is 0 Å². The van der Waals surface area contributed by atoms with Crippen molar-refractivity contribution in [3.63, 3.8) is 0 Å². The normalized spacial score (nSPS) is 25.7. The highest BCUT2D eigenvalue weighted by molar-refractivity contribution is 6.31. The van der Waals surface area contributed by atoms with Crippen LogP contribution >= 0.6 is 11.6 Å². The van der Waals surface area contributed by atoms with Crippen molar-refractivity contribution in [2.75, 3.05) is 12.8 Å². The van der Waals surface area contributed by atoms with Crippen molar-refractivity contribution in [1.29, 1.82) is 0 Å². The van der Waals surface area contributed by atoms with Crippen molar-refractivity contribution >= 4 is 41.1 Å². The Bertz CT molecular complexity index is 1150. The number of aliphatic hydroxyl groups excluding tert-OH is 1. The lowest BCUT2D eigenvalue weighted by Gasteiger charge is -2.25. The molecule has 166 valence electrons. The summed E-state index contributed by atoms with van der Waals surface area (Å²) in [5.74, 6) is 0.231. The third-order valence-electron chi connectivity index (χ3n) is 6.86. The van der Waals surface area contributed by atoms with Crippen molar-refractivity contribution < 1.29 is 5.11 Å². The zero-order valence-electron chi connectivity index (χ0n) is 18.7. The molecule has 2 aliphatic rings. The highest BCUT2D eigenvalue weighted by Crippen LogP contribution is 2.62. The van der Waals surface area contributed by atoms with E-state index in [4.69, 9.17) is 22.3 Å². The first-order valence-corrected chi connectivity index (χ1v) is 11.2. The maximum Gasteiger partial charge on any atom is 0.152 e. The van der Waals surface area contributed by atoms with Gasteiger partial charge in [0.05, 0.1) is 11.4 Å². The number of anilines is 1. The number of nitrogens with two attached hydrogens (primary N) is 1. The molecule has 3 N–H and O–H groups in total. The number of rotatable bonds is 6. The van der Waals surface area contributed by atoms with E-state index in [0.717, 1.165) is 46.7 Å². The Balaban J connectivity index is 1.69. The molecule has 0 bridgehead atoms. The van der Waals surface area contributed by atoms with Crippen LogP contribution in [0, 0.1) is 11.3 Å². The van der Waals surface area contributed by atoms with Crippen molar-refractivity contribution in [3.05, 3.63) is 70.3 Å².